The third kappa shape index (κ3) is 14.3. The number of carboxylic acid groups (broad SMARTS) is 2. The van der Waals surface area contributed by atoms with Crippen LogP contribution in [0, 0.1) is 5.92 Å². The lowest BCUT2D eigenvalue weighted by Crippen LogP contribution is -2.53. The van der Waals surface area contributed by atoms with Crippen molar-refractivity contribution in [1.29, 1.82) is 0 Å². The van der Waals surface area contributed by atoms with Gasteiger partial charge in [0, 0.05) is 13.0 Å². The number of aliphatic carboxylic acids is 2. The summed E-state index contributed by atoms with van der Waals surface area (Å²) in [5.41, 5.74) is 16.0. The van der Waals surface area contributed by atoms with Crippen LogP contribution in [0.4, 0.5) is 0 Å². The summed E-state index contributed by atoms with van der Waals surface area (Å²) in [6, 6.07) is -3.31. The lowest BCUT2D eigenvalue weighted by Gasteiger charge is -2.22. The number of nitrogens with two attached hydrogens (primary N) is 3. The van der Waals surface area contributed by atoms with Gasteiger partial charge in [-0.2, -0.15) is 0 Å². The highest BCUT2D eigenvalue weighted by atomic mass is 16.4. The predicted molar refractivity (Wildman–Crippen MR) is 119 cm³/mol. The molecule has 0 saturated heterocycles. The molecule has 0 aromatic carbocycles. The molecule has 188 valence electrons. The van der Waals surface area contributed by atoms with Crippen molar-refractivity contribution in [3.63, 3.8) is 0 Å². The van der Waals surface area contributed by atoms with Gasteiger partial charge in [0.15, 0.2) is 5.96 Å². The molecule has 0 rings (SSSR count). The number of hydrogen-bond acceptors (Lipinski definition) is 7. The van der Waals surface area contributed by atoms with Crippen LogP contribution in [0.1, 0.15) is 46.0 Å². The molecule has 0 fully saturated rings. The number of aliphatic imine (C=N–C) groups is 1. The second-order valence-corrected chi connectivity index (χ2v) is 7.85. The van der Waals surface area contributed by atoms with Crippen LogP contribution in [0.5, 0.6) is 0 Å². The van der Waals surface area contributed by atoms with E-state index in [0.717, 1.165) is 0 Å². The number of hydrogen-bond donors (Lipinski definition) is 8. The molecule has 11 N–H and O–H groups in total. The van der Waals surface area contributed by atoms with Gasteiger partial charge in [-0.15, -0.1) is 0 Å². The molecule has 14 nitrogen and oxygen atoms in total. The summed E-state index contributed by atoms with van der Waals surface area (Å²) in [6.45, 7) is 3.34. The highest BCUT2D eigenvalue weighted by molar-refractivity contribution is 5.92. The molecule has 0 aromatic heterocycles. The molecule has 3 unspecified atom stereocenters. The van der Waals surface area contributed by atoms with Crippen LogP contribution < -0.4 is 33.2 Å². The smallest absolute Gasteiger partial charge is 0.326 e. The lowest BCUT2D eigenvalue weighted by molar-refractivity contribution is -0.142. The van der Waals surface area contributed by atoms with Crippen LogP contribution >= 0.6 is 0 Å². The summed E-state index contributed by atoms with van der Waals surface area (Å²) in [4.78, 5) is 62.5. The Morgan fingerprint density at radius 3 is 2.09 bits per heavy atom. The molecule has 0 aliphatic carbocycles. The van der Waals surface area contributed by atoms with Gasteiger partial charge in [0.25, 0.3) is 0 Å². The first kappa shape index (κ1) is 29.6. The molecule has 0 heterocycles. The summed E-state index contributed by atoms with van der Waals surface area (Å²) in [7, 11) is 0. The topological polar surface area (TPSA) is 252 Å². The minimum atomic E-state index is -1.25. The molecular weight excluding hydrogens is 438 g/mol. The van der Waals surface area contributed by atoms with Crippen molar-refractivity contribution >= 4 is 35.6 Å². The molecule has 33 heavy (non-hydrogen) atoms. The van der Waals surface area contributed by atoms with Crippen molar-refractivity contribution in [1.82, 2.24) is 16.0 Å². The fourth-order valence-corrected chi connectivity index (χ4v) is 2.69. The Morgan fingerprint density at radius 1 is 0.939 bits per heavy atom. The van der Waals surface area contributed by atoms with E-state index in [2.05, 4.69) is 20.9 Å². The third-order valence-corrected chi connectivity index (χ3v) is 4.35. The first-order valence-corrected chi connectivity index (χ1v) is 10.5. The molecule has 3 atom stereocenters. The number of carbonyl (C=O) groups is 5. The Hall–Kier alpha value is -3.42. The molecule has 0 spiro atoms. The normalized spacial score (nSPS) is 13.3. The van der Waals surface area contributed by atoms with Crippen LogP contribution in [0.25, 0.3) is 0 Å². The number of amides is 3. The average molecular weight is 474 g/mol. The van der Waals surface area contributed by atoms with Gasteiger partial charge >= 0.3 is 11.9 Å². The Morgan fingerprint density at radius 2 is 1.58 bits per heavy atom. The molecule has 0 aliphatic heterocycles. The van der Waals surface area contributed by atoms with E-state index in [1.807, 2.05) is 13.8 Å². The van der Waals surface area contributed by atoms with Crippen molar-refractivity contribution in [3.05, 3.63) is 0 Å². The SMILES string of the molecule is CC(C)CC(NC(=O)C(N)CCC(=O)O)C(=O)NCC(=O)NC(CCCN=C(N)N)C(=O)O. The van der Waals surface area contributed by atoms with E-state index in [9.17, 15) is 29.1 Å². The van der Waals surface area contributed by atoms with E-state index in [0.29, 0.717) is 6.42 Å². The molecular formula is C19H35N7O7. The minimum Gasteiger partial charge on any atom is -0.481 e. The fourth-order valence-electron chi connectivity index (χ4n) is 2.69. The summed E-state index contributed by atoms with van der Waals surface area (Å²) in [5.74, 6) is -4.54. The van der Waals surface area contributed by atoms with Gasteiger partial charge < -0.3 is 43.4 Å². The number of nitrogens with zero attached hydrogens (tertiary/aromatic N) is 1. The first-order chi connectivity index (χ1) is 15.3. The van der Waals surface area contributed by atoms with Crippen LogP contribution in [0.3, 0.4) is 0 Å². The summed E-state index contributed by atoms with van der Waals surface area (Å²) in [5, 5.41) is 25.1. The number of nitrogens with one attached hydrogen (secondary N) is 3. The van der Waals surface area contributed by atoms with Crippen molar-refractivity contribution in [3.8, 4) is 0 Å². The summed E-state index contributed by atoms with van der Waals surface area (Å²) in [6.07, 6.45) is 0.234. The van der Waals surface area contributed by atoms with Gasteiger partial charge in [-0.05, 0) is 31.6 Å². The van der Waals surface area contributed by atoms with Crippen molar-refractivity contribution in [2.45, 2.75) is 64.1 Å². The van der Waals surface area contributed by atoms with Gasteiger partial charge in [-0.1, -0.05) is 13.8 Å². The molecule has 0 radical (unpaired) electrons. The highest BCUT2D eigenvalue weighted by Gasteiger charge is 2.26. The van der Waals surface area contributed by atoms with Crippen molar-refractivity contribution in [2.75, 3.05) is 13.1 Å². The lowest BCUT2D eigenvalue weighted by atomic mass is 10.0. The van der Waals surface area contributed by atoms with Gasteiger partial charge in [0.2, 0.25) is 17.7 Å². The van der Waals surface area contributed by atoms with Crippen LogP contribution in [0.15, 0.2) is 4.99 Å². The van der Waals surface area contributed by atoms with E-state index >= 15 is 0 Å². The van der Waals surface area contributed by atoms with E-state index in [4.69, 9.17) is 22.3 Å². The second kappa shape index (κ2) is 15.4. The number of rotatable bonds is 16. The number of guanidine groups is 1. The van der Waals surface area contributed by atoms with Gasteiger partial charge in [-0.25, -0.2) is 4.79 Å². The zero-order valence-corrected chi connectivity index (χ0v) is 18.9. The van der Waals surface area contributed by atoms with Crippen LogP contribution in [-0.2, 0) is 24.0 Å². The van der Waals surface area contributed by atoms with E-state index in [-0.39, 0.29) is 44.1 Å². The molecule has 0 bridgehead atoms. The van der Waals surface area contributed by atoms with E-state index in [1.165, 1.54) is 0 Å². The Labute approximate surface area is 191 Å². The van der Waals surface area contributed by atoms with Crippen LogP contribution in [0.2, 0.25) is 0 Å². The van der Waals surface area contributed by atoms with Gasteiger partial charge in [0.1, 0.15) is 12.1 Å². The molecule has 3 amide bonds. The van der Waals surface area contributed by atoms with Gasteiger partial charge in [0.05, 0.1) is 12.6 Å². The molecule has 0 aliphatic rings. The fraction of sp³-hybridized carbons (Fsp3) is 0.684. The Kier molecular flexibility index (Phi) is 13.8. The van der Waals surface area contributed by atoms with Crippen molar-refractivity contribution in [2.24, 2.45) is 28.1 Å². The highest BCUT2D eigenvalue weighted by Crippen LogP contribution is 2.06. The Balaban J connectivity index is 4.80. The number of carbonyl (C=O) groups excluding carboxylic acids is 3. The molecule has 0 aromatic rings. The van der Waals surface area contributed by atoms with Crippen LogP contribution in [-0.4, -0.2) is 77.0 Å². The predicted octanol–water partition coefficient (Wildman–Crippen LogP) is -2.55. The number of carboxylic acids is 2. The summed E-state index contributed by atoms with van der Waals surface area (Å²) >= 11 is 0. The minimum absolute atomic E-state index is 0.00623. The largest absolute Gasteiger partial charge is 0.481 e. The molecule has 0 saturated carbocycles. The zero-order valence-electron chi connectivity index (χ0n) is 18.9. The second-order valence-electron chi connectivity index (χ2n) is 7.85. The Bertz CT molecular complexity index is 723. The molecule has 14 heteroatoms. The maximum absolute atomic E-state index is 12.5. The van der Waals surface area contributed by atoms with E-state index < -0.39 is 54.3 Å². The maximum Gasteiger partial charge on any atom is 0.326 e. The zero-order chi connectivity index (χ0) is 25.6. The maximum atomic E-state index is 12.5. The summed E-state index contributed by atoms with van der Waals surface area (Å²) < 4.78 is 0. The standard InChI is InChI=1S/C19H35N7O7/c1-10(2)8-13(26-16(30)11(20)5-6-15(28)29)17(31)24-9-14(27)25-12(18(32)33)4-3-7-23-19(21)22/h10-13H,3-9,20H2,1-2H3,(H,24,31)(H,25,27)(H,26,30)(H,28,29)(H,32,33)(H4,21,22,23). The van der Waals surface area contributed by atoms with Gasteiger partial charge in [-0.3, -0.25) is 24.2 Å². The quantitative estimate of drug-likeness (QED) is 0.0661. The average Bonchev–Trinajstić information content (AvgIpc) is 2.70. The van der Waals surface area contributed by atoms with E-state index in [1.54, 1.807) is 0 Å². The van der Waals surface area contributed by atoms with Crippen molar-refractivity contribution < 1.29 is 34.2 Å². The third-order valence-electron chi connectivity index (χ3n) is 4.35. The monoisotopic (exact) mass is 473 g/mol. The first-order valence-electron chi connectivity index (χ1n) is 10.5.